The van der Waals surface area contributed by atoms with Crippen LogP contribution in [0.1, 0.15) is 42.0 Å². The van der Waals surface area contributed by atoms with Crippen molar-refractivity contribution in [3.63, 3.8) is 0 Å². The van der Waals surface area contributed by atoms with Gasteiger partial charge in [0, 0.05) is 43.7 Å². The Morgan fingerprint density at radius 3 is 2.67 bits per heavy atom. The maximum atomic E-state index is 12.0. The zero-order chi connectivity index (χ0) is 19.5. The molecule has 0 aromatic heterocycles. The Balaban J connectivity index is 0.00000160. The van der Waals surface area contributed by atoms with Gasteiger partial charge in [-0.1, -0.05) is 30.3 Å². The maximum absolute atomic E-state index is 12.0. The molecule has 1 amide bonds. The molecule has 0 bridgehead atoms. The van der Waals surface area contributed by atoms with Crippen LogP contribution in [0.2, 0.25) is 0 Å². The van der Waals surface area contributed by atoms with Crippen LogP contribution in [0, 0.1) is 0 Å². The van der Waals surface area contributed by atoms with Gasteiger partial charge in [-0.2, -0.15) is 0 Å². The van der Waals surface area contributed by atoms with Gasteiger partial charge < -0.3 is 20.3 Å². The third kappa shape index (κ3) is 5.09. The minimum Gasteiger partial charge on any atom is -0.496 e. The minimum absolute atomic E-state index is 0. The number of carbonyl (C=O) groups is 1. The van der Waals surface area contributed by atoms with Crippen molar-refractivity contribution in [3.8, 4) is 5.75 Å². The van der Waals surface area contributed by atoms with Crippen molar-refractivity contribution in [2.75, 3.05) is 25.6 Å². The number of benzene rings is 2. The SMILES string of the molecule is COc1cc2c(cc1CN[C@H]1CCCN[C@H]1c1ccccc1)CCC(=O)N2C.Cl.Cl. The Bertz CT molecular complexity index is 848. The van der Waals surface area contributed by atoms with E-state index in [1.807, 2.05) is 13.1 Å². The molecule has 30 heavy (non-hydrogen) atoms. The maximum Gasteiger partial charge on any atom is 0.227 e. The first-order valence-corrected chi connectivity index (χ1v) is 10.2. The summed E-state index contributed by atoms with van der Waals surface area (Å²) in [5.41, 5.74) is 4.68. The molecule has 0 unspecified atom stereocenters. The molecule has 1 fully saturated rings. The molecule has 1 saturated heterocycles. The van der Waals surface area contributed by atoms with Crippen LogP contribution in [0.5, 0.6) is 5.75 Å². The van der Waals surface area contributed by atoms with Crippen molar-refractivity contribution in [2.24, 2.45) is 0 Å². The van der Waals surface area contributed by atoms with E-state index in [1.165, 1.54) is 17.5 Å². The van der Waals surface area contributed by atoms with E-state index < -0.39 is 0 Å². The van der Waals surface area contributed by atoms with Crippen LogP contribution in [0.25, 0.3) is 0 Å². The van der Waals surface area contributed by atoms with E-state index in [0.717, 1.165) is 42.9 Å². The highest BCUT2D eigenvalue weighted by atomic mass is 35.5. The van der Waals surface area contributed by atoms with E-state index in [9.17, 15) is 4.79 Å². The van der Waals surface area contributed by atoms with Gasteiger partial charge in [-0.15, -0.1) is 24.8 Å². The van der Waals surface area contributed by atoms with Crippen molar-refractivity contribution in [1.82, 2.24) is 10.6 Å². The molecule has 2 atom stereocenters. The predicted octanol–water partition coefficient (Wildman–Crippen LogP) is 4.03. The molecular weight excluding hydrogens is 421 g/mol. The molecule has 7 heteroatoms. The quantitative estimate of drug-likeness (QED) is 0.720. The molecular formula is C23H31Cl2N3O2. The first-order chi connectivity index (χ1) is 13.7. The summed E-state index contributed by atoms with van der Waals surface area (Å²) in [7, 11) is 3.54. The first-order valence-electron chi connectivity index (χ1n) is 10.2. The molecule has 4 rings (SSSR count). The smallest absolute Gasteiger partial charge is 0.227 e. The van der Waals surface area contributed by atoms with Crippen LogP contribution in [0.15, 0.2) is 42.5 Å². The lowest BCUT2D eigenvalue weighted by atomic mass is 9.92. The lowest BCUT2D eigenvalue weighted by molar-refractivity contribution is -0.118. The highest BCUT2D eigenvalue weighted by molar-refractivity contribution is 5.96. The van der Waals surface area contributed by atoms with Crippen LogP contribution in [-0.2, 0) is 17.8 Å². The standard InChI is InChI=1S/C23H29N3O2.2ClH/c1-26-20-14-21(28-2)18(13-17(20)10-11-22(26)27)15-25-19-9-6-12-24-23(19)16-7-4-3-5-8-16;;/h3-5,7-8,13-14,19,23-25H,6,9-12,15H2,1-2H3;2*1H/t19-,23-;;/m0../s1. The molecule has 2 N–H and O–H groups in total. The third-order valence-electron chi connectivity index (χ3n) is 6.00. The largest absolute Gasteiger partial charge is 0.496 e. The summed E-state index contributed by atoms with van der Waals surface area (Å²) in [6.07, 6.45) is 3.70. The monoisotopic (exact) mass is 451 g/mol. The van der Waals surface area contributed by atoms with Crippen molar-refractivity contribution in [2.45, 2.75) is 44.3 Å². The molecule has 2 aliphatic rings. The molecule has 0 aliphatic carbocycles. The lowest BCUT2D eigenvalue weighted by Crippen LogP contribution is -2.45. The highest BCUT2D eigenvalue weighted by Gasteiger charge is 2.27. The minimum atomic E-state index is 0. The number of carbonyl (C=O) groups excluding carboxylic acids is 1. The number of nitrogens with zero attached hydrogens (tertiary/aromatic N) is 1. The Morgan fingerprint density at radius 2 is 1.93 bits per heavy atom. The number of aryl methyl sites for hydroxylation is 1. The normalized spacial score (nSPS) is 20.6. The number of amides is 1. The molecule has 2 aromatic rings. The van der Waals surface area contributed by atoms with Crippen LogP contribution in [0.4, 0.5) is 5.69 Å². The number of fused-ring (bicyclic) bond motifs is 1. The number of ether oxygens (including phenoxy) is 1. The average molecular weight is 452 g/mol. The van der Waals surface area contributed by atoms with E-state index in [0.29, 0.717) is 18.5 Å². The Kier molecular flexibility index (Phi) is 8.98. The van der Waals surface area contributed by atoms with Crippen molar-refractivity contribution < 1.29 is 9.53 Å². The Labute approximate surface area is 191 Å². The van der Waals surface area contributed by atoms with Crippen molar-refractivity contribution in [3.05, 3.63) is 59.2 Å². The summed E-state index contributed by atoms with van der Waals surface area (Å²) in [6.45, 7) is 1.81. The fourth-order valence-electron chi connectivity index (χ4n) is 4.41. The van der Waals surface area contributed by atoms with Gasteiger partial charge in [-0.05, 0) is 43.0 Å². The number of halogens is 2. The van der Waals surface area contributed by atoms with E-state index in [-0.39, 0.29) is 30.7 Å². The lowest BCUT2D eigenvalue weighted by Gasteiger charge is -2.34. The summed E-state index contributed by atoms with van der Waals surface area (Å²) >= 11 is 0. The fraction of sp³-hybridized carbons (Fsp3) is 0.435. The Morgan fingerprint density at radius 1 is 1.17 bits per heavy atom. The fourth-order valence-corrected chi connectivity index (χ4v) is 4.41. The van der Waals surface area contributed by atoms with Gasteiger partial charge in [0.05, 0.1) is 12.8 Å². The van der Waals surface area contributed by atoms with Gasteiger partial charge in [0.2, 0.25) is 5.91 Å². The summed E-state index contributed by atoms with van der Waals surface area (Å²) < 4.78 is 5.65. The second-order valence-corrected chi connectivity index (χ2v) is 7.72. The van der Waals surface area contributed by atoms with Gasteiger partial charge in [-0.3, -0.25) is 4.79 Å². The topological polar surface area (TPSA) is 53.6 Å². The number of rotatable bonds is 5. The molecule has 5 nitrogen and oxygen atoms in total. The van der Waals surface area contributed by atoms with Crippen molar-refractivity contribution in [1.29, 1.82) is 0 Å². The van der Waals surface area contributed by atoms with Crippen LogP contribution in [0.3, 0.4) is 0 Å². The van der Waals surface area contributed by atoms with Crippen LogP contribution in [-0.4, -0.2) is 32.7 Å². The van der Waals surface area contributed by atoms with E-state index in [1.54, 1.807) is 12.0 Å². The van der Waals surface area contributed by atoms with E-state index in [2.05, 4.69) is 47.0 Å². The van der Waals surface area contributed by atoms with Gasteiger partial charge in [0.15, 0.2) is 0 Å². The van der Waals surface area contributed by atoms with Gasteiger partial charge in [0.25, 0.3) is 0 Å². The number of anilines is 1. The second kappa shape index (κ2) is 11.0. The van der Waals surface area contributed by atoms with Crippen LogP contribution >= 0.6 is 24.8 Å². The van der Waals surface area contributed by atoms with Crippen LogP contribution < -0.4 is 20.3 Å². The van der Waals surface area contributed by atoms with Gasteiger partial charge in [0.1, 0.15) is 5.75 Å². The molecule has 164 valence electrons. The van der Waals surface area contributed by atoms with E-state index in [4.69, 9.17) is 4.74 Å². The number of hydrogen-bond donors (Lipinski definition) is 2. The predicted molar refractivity (Wildman–Crippen MR) is 126 cm³/mol. The summed E-state index contributed by atoms with van der Waals surface area (Å²) in [4.78, 5) is 13.8. The van der Waals surface area contributed by atoms with E-state index >= 15 is 0 Å². The Hall–Kier alpha value is -1.79. The number of piperidine rings is 1. The summed E-state index contributed by atoms with van der Waals surface area (Å²) in [6, 6.07) is 15.6. The molecule has 2 aromatic carbocycles. The van der Waals surface area contributed by atoms with Gasteiger partial charge >= 0.3 is 0 Å². The first kappa shape index (κ1) is 24.5. The zero-order valence-corrected chi connectivity index (χ0v) is 19.2. The molecule has 0 saturated carbocycles. The third-order valence-corrected chi connectivity index (χ3v) is 6.00. The number of nitrogens with one attached hydrogen (secondary N) is 2. The number of hydrogen-bond acceptors (Lipinski definition) is 4. The summed E-state index contributed by atoms with van der Waals surface area (Å²) in [5.74, 6) is 1.01. The highest BCUT2D eigenvalue weighted by Crippen LogP contribution is 2.34. The second-order valence-electron chi connectivity index (χ2n) is 7.72. The van der Waals surface area contributed by atoms with Crippen molar-refractivity contribution >= 4 is 36.4 Å². The molecule has 2 heterocycles. The number of methoxy groups -OCH3 is 1. The zero-order valence-electron chi connectivity index (χ0n) is 17.5. The molecule has 2 aliphatic heterocycles. The molecule has 0 spiro atoms. The average Bonchev–Trinajstić information content (AvgIpc) is 2.75. The summed E-state index contributed by atoms with van der Waals surface area (Å²) in [5, 5.41) is 7.44. The molecule has 0 radical (unpaired) electrons. The van der Waals surface area contributed by atoms with Gasteiger partial charge in [-0.25, -0.2) is 0 Å².